The van der Waals surface area contributed by atoms with Gasteiger partial charge in [-0.15, -0.1) is 0 Å². The van der Waals surface area contributed by atoms with Crippen LogP contribution in [0, 0.1) is 0 Å². The van der Waals surface area contributed by atoms with Crippen molar-refractivity contribution in [1.29, 1.82) is 0 Å². The van der Waals surface area contributed by atoms with E-state index < -0.39 is 174 Å². The van der Waals surface area contributed by atoms with E-state index in [1.165, 1.54) is 116 Å². The summed E-state index contributed by atoms with van der Waals surface area (Å²) in [5, 5.41) is 147. The van der Waals surface area contributed by atoms with Crippen LogP contribution in [0.5, 0.6) is 0 Å². The molecule has 4 aliphatic rings. The highest BCUT2D eigenvalue weighted by Crippen LogP contribution is 2.35. The zero-order valence-electron chi connectivity index (χ0n) is 52.1. The Morgan fingerprint density at radius 3 is 1.30 bits per heavy atom. The number of amides is 2. The van der Waals surface area contributed by atoms with Crippen molar-refractivity contribution >= 4 is 11.8 Å². The van der Waals surface area contributed by atoms with E-state index in [9.17, 15) is 76.0 Å². The van der Waals surface area contributed by atoms with Crippen molar-refractivity contribution in [3.63, 3.8) is 0 Å². The largest absolute Gasteiger partial charge is 0.394 e. The molecule has 0 aromatic carbocycles. The number of nitrogens with one attached hydrogen (secondary N) is 2. The first kappa shape index (κ1) is 77.3. The molecule has 2 amide bonds. The molecule has 25 heteroatoms. The van der Waals surface area contributed by atoms with E-state index >= 15 is 0 Å². The lowest BCUT2D eigenvalue weighted by Crippen LogP contribution is -2.70. The molecule has 0 aliphatic carbocycles. The van der Waals surface area contributed by atoms with Crippen molar-refractivity contribution in [3.8, 4) is 0 Å². The van der Waals surface area contributed by atoms with Crippen LogP contribution in [0.1, 0.15) is 201 Å². The number of ether oxygens (including phenoxy) is 8. The predicted octanol–water partition coefficient (Wildman–Crippen LogP) is 1.78. The second-order valence-electron chi connectivity index (χ2n) is 24.3. The summed E-state index contributed by atoms with van der Waals surface area (Å²) in [7, 11) is 0. The van der Waals surface area contributed by atoms with Crippen LogP contribution in [-0.4, -0.2) is 246 Å². The van der Waals surface area contributed by atoms with E-state index in [-0.39, 0.29) is 12.3 Å². The van der Waals surface area contributed by atoms with Gasteiger partial charge in [-0.1, -0.05) is 180 Å². The number of rotatable bonds is 45. The van der Waals surface area contributed by atoms with E-state index in [0.29, 0.717) is 12.8 Å². The Balaban J connectivity index is 1.36. The fourth-order valence-corrected chi connectivity index (χ4v) is 11.7. The van der Waals surface area contributed by atoms with Gasteiger partial charge in [0.1, 0.15) is 97.6 Å². The van der Waals surface area contributed by atoms with Crippen LogP contribution < -0.4 is 10.6 Å². The fourth-order valence-electron chi connectivity index (χ4n) is 11.7. The van der Waals surface area contributed by atoms with Gasteiger partial charge in [-0.3, -0.25) is 9.59 Å². The maximum Gasteiger partial charge on any atom is 0.220 e. The van der Waals surface area contributed by atoms with Gasteiger partial charge in [-0.25, -0.2) is 0 Å². The fraction of sp³-hybridized carbons (Fsp3) is 0.935. The van der Waals surface area contributed by atoms with E-state index in [2.05, 4.69) is 24.5 Å². The standard InChI is InChI=1S/C62H114N2O23/c1-4-6-8-10-12-14-16-18-19-21-23-25-27-29-31-33-46(71)64-40(41(70)32-30-28-26-24-22-20-17-15-13-11-9-7-5-2)38-80-60-54(78)51(75)57(44(36-67)83-60)86-62-55(79)52(76)56(45(37-68)84-62)85-59-47(63-39(3)69)58(49(73)43(35-66)81-59)87-61-53(77)50(74)48(72)42(34-65)82-61/h30,32,40-45,47-62,65-68,70,72-79H,4-29,31,33-38H2,1-3H3,(H,63,69)(H,64,71)/b32-30+. The molecule has 4 rings (SSSR count). The third-order valence-electron chi connectivity index (χ3n) is 17.1. The summed E-state index contributed by atoms with van der Waals surface area (Å²) < 4.78 is 46.7. The highest BCUT2D eigenvalue weighted by molar-refractivity contribution is 5.76. The normalized spacial score (nSPS) is 33.8. The number of allylic oxidation sites excluding steroid dienone is 1. The first-order chi connectivity index (χ1) is 42.0. The molecule has 22 unspecified atom stereocenters. The molecule has 0 aromatic rings. The van der Waals surface area contributed by atoms with Crippen molar-refractivity contribution < 1.29 is 114 Å². The average Bonchev–Trinajstić information content (AvgIpc) is 3.37. The number of aliphatic hydroxyl groups is 13. The van der Waals surface area contributed by atoms with Gasteiger partial charge in [0, 0.05) is 13.3 Å². The SMILES string of the molecule is CCCCCCCCCCCCC/C=C/C(O)C(COC1OC(CO)C(OC2OC(CO)C(OC3OC(CO)C(O)C(OC4OC(CO)C(O)C(O)C4O)C3NC(C)=O)C(O)C2O)C(O)C1O)NC(=O)CCCCCCCCCCCCCCCCC. The van der Waals surface area contributed by atoms with Gasteiger partial charge in [-0.05, 0) is 19.3 Å². The van der Waals surface area contributed by atoms with Gasteiger partial charge in [0.25, 0.3) is 0 Å². The first-order valence-corrected chi connectivity index (χ1v) is 32.9. The zero-order chi connectivity index (χ0) is 63.7. The minimum Gasteiger partial charge on any atom is -0.394 e. The molecular formula is C62H114N2O23. The Morgan fingerprint density at radius 2 is 0.828 bits per heavy atom. The lowest BCUT2D eigenvalue weighted by Gasteiger charge is -2.50. The van der Waals surface area contributed by atoms with E-state index in [0.717, 1.165) is 51.9 Å². The summed E-state index contributed by atoms with van der Waals surface area (Å²) in [6, 6.07) is -2.62. The molecule has 0 spiro atoms. The van der Waals surface area contributed by atoms with Crippen LogP contribution in [0.2, 0.25) is 0 Å². The summed E-state index contributed by atoms with van der Waals surface area (Å²) in [6.45, 7) is 1.59. The Hall–Kier alpha value is -2.16. The molecule has 4 saturated heterocycles. The van der Waals surface area contributed by atoms with Crippen molar-refractivity contribution in [2.24, 2.45) is 0 Å². The van der Waals surface area contributed by atoms with E-state index in [4.69, 9.17) is 37.9 Å². The van der Waals surface area contributed by atoms with E-state index in [1.807, 2.05) is 6.08 Å². The minimum atomic E-state index is -2.10. The topological polar surface area (TPSA) is 395 Å². The van der Waals surface area contributed by atoms with Gasteiger partial charge < -0.3 is 115 Å². The first-order valence-electron chi connectivity index (χ1n) is 32.9. The van der Waals surface area contributed by atoms with Crippen molar-refractivity contribution in [2.75, 3.05) is 33.0 Å². The summed E-state index contributed by atoms with van der Waals surface area (Å²) in [5.41, 5.74) is 0. The highest BCUT2D eigenvalue weighted by Gasteiger charge is 2.56. The Morgan fingerprint density at radius 1 is 0.448 bits per heavy atom. The number of unbranched alkanes of at least 4 members (excludes halogenated alkanes) is 25. The monoisotopic (exact) mass is 1250 g/mol. The third kappa shape index (κ3) is 26.0. The van der Waals surface area contributed by atoms with Crippen LogP contribution >= 0.6 is 0 Å². The Kier molecular flexibility index (Phi) is 38.8. The third-order valence-corrected chi connectivity index (χ3v) is 17.1. The lowest BCUT2D eigenvalue weighted by atomic mass is 9.94. The van der Waals surface area contributed by atoms with Crippen LogP contribution in [0.4, 0.5) is 0 Å². The molecule has 4 heterocycles. The maximum absolute atomic E-state index is 13.4. The zero-order valence-corrected chi connectivity index (χ0v) is 52.1. The van der Waals surface area contributed by atoms with Gasteiger partial charge in [0.15, 0.2) is 25.2 Å². The molecule has 4 fully saturated rings. The van der Waals surface area contributed by atoms with Gasteiger partial charge >= 0.3 is 0 Å². The molecule has 87 heavy (non-hydrogen) atoms. The summed E-state index contributed by atoms with van der Waals surface area (Å²) in [4.78, 5) is 26.0. The lowest BCUT2D eigenvalue weighted by molar-refractivity contribution is -0.380. The average molecular weight is 1260 g/mol. The molecule has 25 nitrogen and oxygen atoms in total. The van der Waals surface area contributed by atoms with E-state index in [1.54, 1.807) is 6.08 Å². The highest BCUT2D eigenvalue weighted by atomic mass is 16.8. The number of hydrogen-bond acceptors (Lipinski definition) is 23. The number of carbonyl (C=O) groups excluding carboxylic acids is 2. The summed E-state index contributed by atoms with van der Waals surface area (Å²) in [6.07, 6.45) is 0.0598. The van der Waals surface area contributed by atoms with Crippen LogP contribution in [-0.2, 0) is 47.5 Å². The van der Waals surface area contributed by atoms with Crippen LogP contribution in [0.15, 0.2) is 12.2 Å². The molecule has 0 radical (unpaired) electrons. The van der Waals surface area contributed by atoms with Gasteiger partial charge in [0.2, 0.25) is 11.8 Å². The molecule has 510 valence electrons. The minimum absolute atomic E-state index is 0.217. The quantitative estimate of drug-likeness (QED) is 0.0305. The van der Waals surface area contributed by atoms with Crippen molar-refractivity contribution in [3.05, 3.63) is 12.2 Å². The predicted molar refractivity (Wildman–Crippen MR) is 317 cm³/mol. The Bertz CT molecular complexity index is 1830. The van der Waals surface area contributed by atoms with Crippen LogP contribution in [0.3, 0.4) is 0 Å². The smallest absolute Gasteiger partial charge is 0.220 e. The van der Waals surface area contributed by atoms with Gasteiger partial charge in [0.05, 0.1) is 45.2 Å². The van der Waals surface area contributed by atoms with Crippen molar-refractivity contribution in [1.82, 2.24) is 10.6 Å². The second kappa shape index (κ2) is 43.6. The van der Waals surface area contributed by atoms with Gasteiger partial charge in [-0.2, -0.15) is 0 Å². The molecule has 0 saturated carbocycles. The number of carbonyl (C=O) groups is 2. The maximum atomic E-state index is 13.4. The molecular weight excluding hydrogens is 1140 g/mol. The number of hydrogen-bond donors (Lipinski definition) is 15. The second-order valence-corrected chi connectivity index (χ2v) is 24.3. The molecule has 0 aromatic heterocycles. The molecule has 0 bridgehead atoms. The summed E-state index contributed by atoms with van der Waals surface area (Å²) >= 11 is 0. The molecule has 15 N–H and O–H groups in total. The molecule has 22 atom stereocenters. The van der Waals surface area contributed by atoms with Crippen LogP contribution in [0.25, 0.3) is 0 Å². The molecule has 4 aliphatic heterocycles. The summed E-state index contributed by atoms with van der Waals surface area (Å²) in [5.74, 6) is -1.06. The van der Waals surface area contributed by atoms with Crippen molar-refractivity contribution in [2.45, 2.75) is 335 Å². The number of aliphatic hydroxyl groups excluding tert-OH is 13. The Labute approximate surface area is 515 Å².